The molecule has 1 heterocycles. The molecule has 10 heteroatoms. The van der Waals surface area contributed by atoms with Gasteiger partial charge in [0.05, 0.1) is 29.6 Å². The first kappa shape index (κ1) is 24.8. The number of methoxy groups -OCH3 is 1. The van der Waals surface area contributed by atoms with Crippen molar-refractivity contribution in [1.82, 2.24) is 9.55 Å². The Kier molecular flexibility index (Phi) is 6.44. The molecule has 3 aromatic rings. The van der Waals surface area contributed by atoms with E-state index in [9.17, 15) is 21.6 Å². The van der Waals surface area contributed by atoms with Crippen molar-refractivity contribution in [2.75, 3.05) is 18.7 Å². The van der Waals surface area contributed by atoms with Gasteiger partial charge in [-0.3, -0.25) is 0 Å². The zero-order chi connectivity index (χ0) is 25.5. The first-order valence-corrected chi connectivity index (χ1v) is 12.9. The lowest BCUT2D eigenvalue weighted by Crippen LogP contribution is -2.22. The van der Waals surface area contributed by atoms with Crippen molar-refractivity contribution in [1.29, 1.82) is 0 Å². The molecule has 0 bridgehead atoms. The maximum absolute atomic E-state index is 14.5. The maximum atomic E-state index is 14.5. The molecule has 0 aliphatic heterocycles. The van der Waals surface area contributed by atoms with Crippen LogP contribution in [0.1, 0.15) is 20.3 Å². The van der Waals surface area contributed by atoms with Crippen molar-refractivity contribution >= 4 is 32.5 Å². The Morgan fingerprint density at radius 3 is 2.60 bits per heavy atom. The standard InChI is InChI=1S/C25H26F3N3O3S/c1-15-5-6-16(19(11-15)25(2,27)28)14-31-22-9-8-18(35(4,32)33)13-21(22)30-24(31)29-17-7-10-23(34-3)20(26)12-17/h6-13,15H,5,14H2,1-4H3,(H,29,30). The average molecular weight is 506 g/mol. The van der Waals surface area contributed by atoms with Crippen LogP contribution in [0.5, 0.6) is 5.75 Å². The van der Waals surface area contributed by atoms with Crippen LogP contribution in [0.25, 0.3) is 11.0 Å². The lowest BCUT2D eigenvalue weighted by molar-refractivity contribution is 0.0641. The van der Waals surface area contributed by atoms with Gasteiger partial charge in [-0.15, -0.1) is 0 Å². The van der Waals surface area contributed by atoms with Crippen molar-refractivity contribution in [2.24, 2.45) is 5.92 Å². The van der Waals surface area contributed by atoms with E-state index in [0.717, 1.165) is 13.2 Å². The zero-order valence-corrected chi connectivity index (χ0v) is 20.6. The number of aromatic nitrogens is 2. The molecule has 0 saturated carbocycles. The van der Waals surface area contributed by atoms with E-state index < -0.39 is 21.6 Å². The first-order valence-electron chi connectivity index (χ1n) is 11.0. The fourth-order valence-electron chi connectivity index (χ4n) is 4.11. The van der Waals surface area contributed by atoms with Crippen molar-refractivity contribution < 1.29 is 26.3 Å². The summed E-state index contributed by atoms with van der Waals surface area (Å²) in [6.07, 6.45) is 5.10. The molecule has 2 aromatic carbocycles. The first-order chi connectivity index (χ1) is 16.4. The Labute approximate surface area is 202 Å². The number of nitrogens with zero attached hydrogens (tertiary/aromatic N) is 2. The Morgan fingerprint density at radius 2 is 1.97 bits per heavy atom. The number of anilines is 2. The van der Waals surface area contributed by atoms with E-state index in [1.165, 1.54) is 31.4 Å². The number of halogens is 3. The van der Waals surface area contributed by atoms with E-state index in [1.807, 2.05) is 6.92 Å². The predicted molar refractivity (Wildman–Crippen MR) is 130 cm³/mol. The lowest BCUT2D eigenvalue weighted by atomic mass is 9.88. The molecule has 186 valence electrons. The molecule has 4 rings (SSSR count). The fourth-order valence-corrected chi connectivity index (χ4v) is 4.76. The number of ether oxygens (including phenoxy) is 1. The number of rotatable bonds is 7. The van der Waals surface area contributed by atoms with Gasteiger partial charge in [-0.25, -0.2) is 26.6 Å². The lowest BCUT2D eigenvalue weighted by Gasteiger charge is -2.25. The van der Waals surface area contributed by atoms with E-state index in [0.29, 0.717) is 28.7 Å². The van der Waals surface area contributed by atoms with Crippen LogP contribution in [0.4, 0.5) is 24.8 Å². The normalized spacial score (nSPS) is 16.7. The second-order valence-electron chi connectivity index (χ2n) is 8.83. The van der Waals surface area contributed by atoms with E-state index in [4.69, 9.17) is 4.74 Å². The zero-order valence-electron chi connectivity index (χ0n) is 19.8. The Balaban J connectivity index is 1.82. The van der Waals surface area contributed by atoms with E-state index in [-0.39, 0.29) is 34.6 Å². The number of alkyl halides is 2. The summed E-state index contributed by atoms with van der Waals surface area (Å²) in [5.41, 5.74) is 1.68. The van der Waals surface area contributed by atoms with Crippen LogP contribution < -0.4 is 10.1 Å². The Bertz CT molecular complexity index is 1450. The largest absolute Gasteiger partial charge is 0.494 e. The van der Waals surface area contributed by atoms with Crippen LogP contribution in [0.3, 0.4) is 0 Å². The SMILES string of the molecule is COc1ccc(Nc2nc3cc(S(C)(=O)=O)ccc3n2CC2=CCC(C)C=C2C(C)(F)F)cc1F. The second kappa shape index (κ2) is 9.07. The van der Waals surface area contributed by atoms with Crippen molar-refractivity contribution in [3.05, 3.63) is 65.5 Å². The van der Waals surface area contributed by atoms with Gasteiger partial charge >= 0.3 is 0 Å². The number of benzene rings is 2. The number of nitrogens with one attached hydrogen (secondary N) is 1. The van der Waals surface area contributed by atoms with Crippen LogP contribution in [0.15, 0.2) is 64.6 Å². The molecule has 1 N–H and O–H groups in total. The van der Waals surface area contributed by atoms with Crippen LogP contribution in [-0.4, -0.2) is 37.3 Å². The van der Waals surface area contributed by atoms with E-state index in [2.05, 4.69) is 10.3 Å². The summed E-state index contributed by atoms with van der Waals surface area (Å²) in [6.45, 7) is 2.82. The molecule has 0 radical (unpaired) electrons. The van der Waals surface area contributed by atoms with Gasteiger partial charge in [0.15, 0.2) is 21.4 Å². The van der Waals surface area contributed by atoms with Crippen molar-refractivity contribution in [3.8, 4) is 5.75 Å². The minimum atomic E-state index is -3.48. The van der Waals surface area contributed by atoms with Crippen molar-refractivity contribution in [3.63, 3.8) is 0 Å². The molecular formula is C25H26F3N3O3S. The number of hydrogen-bond donors (Lipinski definition) is 1. The number of imidazole rings is 1. The molecule has 1 unspecified atom stereocenters. The van der Waals surface area contributed by atoms with Gasteiger partial charge in [0, 0.05) is 30.5 Å². The maximum Gasteiger partial charge on any atom is 0.270 e. The summed E-state index contributed by atoms with van der Waals surface area (Å²) in [5.74, 6) is -3.31. The monoisotopic (exact) mass is 505 g/mol. The van der Waals surface area contributed by atoms with Gasteiger partial charge in [0.2, 0.25) is 5.95 Å². The molecule has 1 atom stereocenters. The highest BCUT2D eigenvalue weighted by atomic mass is 32.2. The summed E-state index contributed by atoms with van der Waals surface area (Å²) in [6, 6.07) is 8.77. The van der Waals surface area contributed by atoms with E-state index >= 15 is 0 Å². The molecule has 0 fully saturated rings. The third kappa shape index (κ3) is 5.22. The third-order valence-electron chi connectivity index (χ3n) is 5.89. The van der Waals surface area contributed by atoms with Gasteiger partial charge in [-0.05, 0) is 48.2 Å². The number of allylic oxidation sites excluding steroid dienone is 4. The summed E-state index contributed by atoms with van der Waals surface area (Å²) in [5, 5.41) is 3.04. The topological polar surface area (TPSA) is 73.2 Å². The molecule has 6 nitrogen and oxygen atoms in total. The number of fused-ring (bicyclic) bond motifs is 1. The van der Waals surface area contributed by atoms with Crippen LogP contribution >= 0.6 is 0 Å². The third-order valence-corrected chi connectivity index (χ3v) is 7.00. The Morgan fingerprint density at radius 1 is 1.23 bits per heavy atom. The molecule has 1 aliphatic rings. The fraction of sp³-hybridized carbons (Fsp3) is 0.320. The minimum absolute atomic E-state index is 0.0173. The quantitative estimate of drug-likeness (QED) is 0.434. The predicted octanol–water partition coefficient (Wildman–Crippen LogP) is 5.88. The van der Waals surface area contributed by atoms with Crippen LogP contribution in [0, 0.1) is 11.7 Å². The summed E-state index contributed by atoms with van der Waals surface area (Å²) >= 11 is 0. The average Bonchev–Trinajstić information content (AvgIpc) is 3.10. The minimum Gasteiger partial charge on any atom is -0.494 e. The van der Waals surface area contributed by atoms with Crippen LogP contribution in [-0.2, 0) is 16.4 Å². The highest BCUT2D eigenvalue weighted by Crippen LogP contribution is 2.37. The van der Waals surface area contributed by atoms with Gasteiger partial charge in [-0.1, -0.05) is 19.1 Å². The summed E-state index contributed by atoms with van der Waals surface area (Å²) in [7, 11) is -2.13. The van der Waals surface area contributed by atoms with E-state index in [1.54, 1.807) is 28.9 Å². The smallest absolute Gasteiger partial charge is 0.270 e. The molecular weight excluding hydrogens is 479 g/mol. The van der Waals surface area contributed by atoms with Gasteiger partial charge in [0.25, 0.3) is 5.92 Å². The molecule has 0 spiro atoms. The molecule has 1 aliphatic carbocycles. The highest BCUT2D eigenvalue weighted by molar-refractivity contribution is 7.90. The van der Waals surface area contributed by atoms with Crippen LogP contribution in [0.2, 0.25) is 0 Å². The number of sulfone groups is 1. The highest BCUT2D eigenvalue weighted by Gasteiger charge is 2.32. The molecule has 35 heavy (non-hydrogen) atoms. The van der Waals surface area contributed by atoms with Gasteiger partial charge in [0.1, 0.15) is 0 Å². The van der Waals surface area contributed by atoms with Gasteiger partial charge in [-0.2, -0.15) is 0 Å². The van der Waals surface area contributed by atoms with Crippen molar-refractivity contribution in [2.45, 2.75) is 37.6 Å². The molecule has 0 amide bonds. The summed E-state index contributed by atoms with van der Waals surface area (Å²) in [4.78, 5) is 4.61. The molecule has 0 saturated heterocycles. The second-order valence-corrected chi connectivity index (χ2v) is 10.8. The number of hydrogen-bond acceptors (Lipinski definition) is 5. The Hall–Kier alpha value is -3.27. The summed E-state index contributed by atoms with van der Waals surface area (Å²) < 4.78 is 73.9. The van der Waals surface area contributed by atoms with Gasteiger partial charge < -0.3 is 14.6 Å². The molecule has 1 aromatic heterocycles.